The second kappa shape index (κ2) is 6.54. The number of aromatic nitrogens is 4. The summed E-state index contributed by atoms with van der Waals surface area (Å²) >= 11 is 0. The Morgan fingerprint density at radius 1 is 1.44 bits per heavy atom. The minimum atomic E-state index is -0.0987. The SMILES string of the molecule is Cc1cnn(CC2CC2)c1NC(=O)CCc1nc(-c2ccco2)no1. The second-order valence-electron chi connectivity index (χ2n) is 6.34. The van der Waals surface area contributed by atoms with Gasteiger partial charge in [-0.2, -0.15) is 10.1 Å². The largest absolute Gasteiger partial charge is 0.461 e. The van der Waals surface area contributed by atoms with E-state index in [1.54, 1.807) is 24.6 Å². The number of carbonyl (C=O) groups is 1. The molecule has 0 bridgehead atoms. The van der Waals surface area contributed by atoms with Gasteiger partial charge in [-0.25, -0.2) is 4.68 Å². The molecule has 0 unspecified atom stereocenters. The van der Waals surface area contributed by atoms with Gasteiger partial charge in [-0.05, 0) is 37.8 Å². The lowest BCUT2D eigenvalue weighted by Crippen LogP contribution is -2.17. The lowest BCUT2D eigenvalue weighted by molar-refractivity contribution is -0.116. The lowest BCUT2D eigenvalue weighted by atomic mass is 10.3. The molecule has 0 atom stereocenters. The van der Waals surface area contributed by atoms with Gasteiger partial charge in [0.2, 0.25) is 17.6 Å². The molecule has 0 aromatic carbocycles. The summed E-state index contributed by atoms with van der Waals surface area (Å²) in [4.78, 5) is 16.5. The summed E-state index contributed by atoms with van der Waals surface area (Å²) in [5.41, 5.74) is 0.965. The van der Waals surface area contributed by atoms with Crippen molar-refractivity contribution in [1.82, 2.24) is 19.9 Å². The number of hydrogen-bond acceptors (Lipinski definition) is 6. The minimum Gasteiger partial charge on any atom is -0.461 e. The highest BCUT2D eigenvalue weighted by Gasteiger charge is 2.24. The van der Waals surface area contributed by atoms with Gasteiger partial charge in [-0.15, -0.1) is 0 Å². The van der Waals surface area contributed by atoms with Crippen molar-refractivity contribution < 1.29 is 13.7 Å². The van der Waals surface area contributed by atoms with Crippen molar-refractivity contribution in [2.75, 3.05) is 5.32 Å². The quantitative estimate of drug-likeness (QED) is 0.709. The number of aryl methyl sites for hydroxylation is 2. The van der Waals surface area contributed by atoms with Crippen LogP contribution in [0.1, 0.15) is 30.7 Å². The van der Waals surface area contributed by atoms with Gasteiger partial charge in [0.05, 0.1) is 12.5 Å². The maximum atomic E-state index is 12.3. The van der Waals surface area contributed by atoms with E-state index in [0.29, 0.717) is 29.8 Å². The Hall–Kier alpha value is -2.90. The molecular weight excluding hydrogens is 322 g/mol. The molecule has 3 aromatic rings. The molecule has 130 valence electrons. The first kappa shape index (κ1) is 15.6. The first-order valence-electron chi connectivity index (χ1n) is 8.38. The van der Waals surface area contributed by atoms with Gasteiger partial charge in [0, 0.05) is 24.9 Å². The molecule has 1 saturated carbocycles. The number of nitrogens with zero attached hydrogens (tertiary/aromatic N) is 4. The minimum absolute atomic E-state index is 0.0987. The maximum Gasteiger partial charge on any atom is 0.238 e. The second-order valence-corrected chi connectivity index (χ2v) is 6.34. The molecule has 8 heteroatoms. The lowest BCUT2D eigenvalue weighted by Gasteiger charge is -2.09. The van der Waals surface area contributed by atoms with Crippen molar-refractivity contribution in [1.29, 1.82) is 0 Å². The fourth-order valence-corrected chi connectivity index (χ4v) is 2.60. The van der Waals surface area contributed by atoms with Gasteiger partial charge >= 0.3 is 0 Å². The van der Waals surface area contributed by atoms with Gasteiger partial charge in [0.25, 0.3) is 0 Å². The van der Waals surface area contributed by atoms with Crippen LogP contribution in [0.5, 0.6) is 0 Å². The molecule has 8 nitrogen and oxygen atoms in total. The van der Waals surface area contributed by atoms with Crippen LogP contribution in [-0.4, -0.2) is 25.8 Å². The van der Waals surface area contributed by atoms with Crippen molar-refractivity contribution >= 4 is 11.7 Å². The van der Waals surface area contributed by atoms with Crippen LogP contribution in [0.4, 0.5) is 5.82 Å². The number of rotatable bonds is 7. The third kappa shape index (κ3) is 3.62. The summed E-state index contributed by atoms with van der Waals surface area (Å²) in [5, 5.41) is 11.2. The van der Waals surface area contributed by atoms with Crippen molar-refractivity contribution in [3.05, 3.63) is 36.0 Å². The summed E-state index contributed by atoms with van der Waals surface area (Å²) in [5.74, 6) is 2.70. The van der Waals surface area contributed by atoms with E-state index < -0.39 is 0 Å². The average molecular weight is 341 g/mol. The average Bonchev–Trinajstić information content (AvgIpc) is 3.01. The van der Waals surface area contributed by atoms with Crippen LogP contribution in [0, 0.1) is 12.8 Å². The number of carbonyl (C=O) groups excluding carboxylic acids is 1. The van der Waals surface area contributed by atoms with Crippen LogP contribution in [0.2, 0.25) is 0 Å². The highest BCUT2D eigenvalue weighted by atomic mass is 16.5. The molecule has 1 aliphatic rings. The zero-order valence-corrected chi connectivity index (χ0v) is 13.9. The molecule has 3 aromatic heterocycles. The molecule has 0 spiro atoms. The molecule has 1 amide bonds. The number of hydrogen-bond donors (Lipinski definition) is 1. The van der Waals surface area contributed by atoms with E-state index in [4.69, 9.17) is 8.94 Å². The van der Waals surface area contributed by atoms with E-state index in [0.717, 1.165) is 17.9 Å². The molecule has 4 rings (SSSR count). The maximum absolute atomic E-state index is 12.3. The number of anilines is 1. The van der Waals surface area contributed by atoms with Crippen molar-refractivity contribution in [3.8, 4) is 11.6 Å². The predicted molar refractivity (Wildman–Crippen MR) is 88.6 cm³/mol. The van der Waals surface area contributed by atoms with Gasteiger partial charge in [0.1, 0.15) is 5.82 Å². The smallest absolute Gasteiger partial charge is 0.238 e. The Kier molecular flexibility index (Phi) is 4.09. The van der Waals surface area contributed by atoms with Crippen molar-refractivity contribution in [3.63, 3.8) is 0 Å². The van der Waals surface area contributed by atoms with Crippen molar-refractivity contribution in [2.45, 2.75) is 39.2 Å². The van der Waals surface area contributed by atoms with E-state index in [2.05, 4.69) is 20.6 Å². The number of amides is 1. The first-order chi connectivity index (χ1) is 12.2. The van der Waals surface area contributed by atoms with Gasteiger partial charge in [-0.3, -0.25) is 4.79 Å². The fourth-order valence-electron chi connectivity index (χ4n) is 2.60. The molecule has 0 aliphatic heterocycles. The molecule has 3 heterocycles. The van der Waals surface area contributed by atoms with Crippen LogP contribution in [-0.2, 0) is 17.8 Å². The van der Waals surface area contributed by atoms with Gasteiger partial charge in [0.15, 0.2) is 5.76 Å². The monoisotopic (exact) mass is 341 g/mol. The Labute approximate surface area is 144 Å². The molecule has 1 aliphatic carbocycles. The Bertz CT molecular complexity index is 861. The predicted octanol–water partition coefficient (Wildman–Crippen LogP) is 2.82. The summed E-state index contributed by atoms with van der Waals surface area (Å²) in [7, 11) is 0. The van der Waals surface area contributed by atoms with Crippen LogP contribution >= 0.6 is 0 Å². The molecule has 0 radical (unpaired) electrons. The highest BCUT2D eigenvalue weighted by molar-refractivity contribution is 5.90. The Morgan fingerprint density at radius 3 is 3.08 bits per heavy atom. The van der Waals surface area contributed by atoms with Gasteiger partial charge < -0.3 is 14.3 Å². The third-order valence-electron chi connectivity index (χ3n) is 4.18. The molecule has 1 N–H and O–H groups in total. The van der Waals surface area contributed by atoms with E-state index in [1.165, 1.54) is 12.8 Å². The zero-order chi connectivity index (χ0) is 17.2. The molecule has 25 heavy (non-hydrogen) atoms. The zero-order valence-electron chi connectivity index (χ0n) is 13.9. The molecule has 0 saturated heterocycles. The van der Waals surface area contributed by atoms with E-state index in [-0.39, 0.29) is 12.3 Å². The summed E-state index contributed by atoms with van der Waals surface area (Å²) in [6.07, 6.45) is 6.43. The fraction of sp³-hybridized carbons (Fsp3) is 0.412. The first-order valence-corrected chi connectivity index (χ1v) is 8.38. The topological polar surface area (TPSA) is 99.0 Å². The van der Waals surface area contributed by atoms with E-state index in [1.807, 2.05) is 11.6 Å². The van der Waals surface area contributed by atoms with Gasteiger partial charge in [-0.1, -0.05) is 5.16 Å². The van der Waals surface area contributed by atoms with E-state index >= 15 is 0 Å². The summed E-state index contributed by atoms with van der Waals surface area (Å²) in [6, 6.07) is 3.51. The summed E-state index contributed by atoms with van der Waals surface area (Å²) in [6.45, 7) is 2.80. The highest BCUT2D eigenvalue weighted by Crippen LogP contribution is 2.31. The van der Waals surface area contributed by atoms with Crippen LogP contribution in [0.15, 0.2) is 33.5 Å². The van der Waals surface area contributed by atoms with Crippen LogP contribution in [0.3, 0.4) is 0 Å². The molecule has 1 fully saturated rings. The number of nitrogens with one attached hydrogen (secondary N) is 1. The van der Waals surface area contributed by atoms with Crippen LogP contribution in [0.25, 0.3) is 11.6 Å². The van der Waals surface area contributed by atoms with Crippen molar-refractivity contribution in [2.24, 2.45) is 5.92 Å². The Balaban J connectivity index is 1.34. The molecular formula is C17H19N5O3. The normalized spacial score (nSPS) is 14.0. The Morgan fingerprint density at radius 2 is 2.32 bits per heavy atom. The number of furan rings is 1. The third-order valence-corrected chi connectivity index (χ3v) is 4.18. The van der Waals surface area contributed by atoms with Crippen LogP contribution < -0.4 is 5.32 Å². The van der Waals surface area contributed by atoms with E-state index in [9.17, 15) is 4.79 Å². The summed E-state index contributed by atoms with van der Waals surface area (Å²) < 4.78 is 12.3. The standard InChI is InChI=1S/C17H19N5O3/c1-11-9-18-22(10-12-4-5-12)17(11)19-14(23)6-7-15-20-16(21-25-15)13-3-2-8-24-13/h2-3,8-9,12H,4-7,10H2,1H3,(H,19,23).